The third-order valence-electron chi connectivity index (χ3n) is 4.84. The highest BCUT2D eigenvalue weighted by molar-refractivity contribution is 7.92. The van der Waals surface area contributed by atoms with E-state index >= 15 is 0 Å². The fourth-order valence-electron chi connectivity index (χ4n) is 3.02. The number of para-hydroxylation sites is 1. The van der Waals surface area contributed by atoms with Crippen LogP contribution in [-0.4, -0.2) is 41.4 Å². The smallest absolute Gasteiger partial charge is 0.264 e. The van der Waals surface area contributed by atoms with Crippen molar-refractivity contribution in [2.45, 2.75) is 4.90 Å². The summed E-state index contributed by atoms with van der Waals surface area (Å²) in [7, 11) is 0.445. The van der Waals surface area contributed by atoms with Crippen molar-refractivity contribution in [3.05, 3.63) is 83.9 Å². The maximum atomic E-state index is 13.2. The SMILES string of the molecule is CNC(=O)c1ccc(S(=O)(=O)N(C)c2ccccc2C(=O)Nc2ccc(OC)cc2)cc1. The van der Waals surface area contributed by atoms with Gasteiger partial charge in [0.05, 0.1) is 23.3 Å². The quantitative estimate of drug-likeness (QED) is 0.572. The summed E-state index contributed by atoms with van der Waals surface area (Å²) in [5.41, 5.74) is 1.29. The molecule has 0 aliphatic heterocycles. The van der Waals surface area contributed by atoms with Gasteiger partial charge in [-0.1, -0.05) is 12.1 Å². The Morgan fingerprint density at radius 3 is 2.09 bits per heavy atom. The molecule has 0 bridgehead atoms. The molecule has 3 aromatic rings. The van der Waals surface area contributed by atoms with Crippen molar-refractivity contribution in [1.29, 1.82) is 0 Å². The van der Waals surface area contributed by atoms with E-state index in [1.54, 1.807) is 55.6 Å². The number of amides is 2. The maximum Gasteiger partial charge on any atom is 0.264 e. The molecule has 2 amide bonds. The van der Waals surface area contributed by atoms with Crippen molar-refractivity contribution in [1.82, 2.24) is 5.32 Å². The lowest BCUT2D eigenvalue weighted by atomic mass is 10.1. The lowest BCUT2D eigenvalue weighted by molar-refractivity contribution is 0.0962. The van der Waals surface area contributed by atoms with Gasteiger partial charge in [-0.2, -0.15) is 0 Å². The van der Waals surface area contributed by atoms with Gasteiger partial charge in [0.15, 0.2) is 0 Å². The zero-order valence-electron chi connectivity index (χ0n) is 17.8. The van der Waals surface area contributed by atoms with Crippen LogP contribution in [0.5, 0.6) is 5.75 Å². The van der Waals surface area contributed by atoms with Crippen LogP contribution in [0, 0.1) is 0 Å². The number of nitrogens with zero attached hydrogens (tertiary/aromatic N) is 1. The van der Waals surface area contributed by atoms with Crippen LogP contribution in [-0.2, 0) is 10.0 Å². The van der Waals surface area contributed by atoms with Gasteiger partial charge in [-0.05, 0) is 60.7 Å². The normalized spacial score (nSPS) is 10.8. The summed E-state index contributed by atoms with van der Waals surface area (Å²) in [6.45, 7) is 0. The number of methoxy groups -OCH3 is 1. The molecule has 2 N–H and O–H groups in total. The number of benzene rings is 3. The fraction of sp³-hybridized carbons (Fsp3) is 0.130. The van der Waals surface area contributed by atoms with Gasteiger partial charge in [-0.3, -0.25) is 13.9 Å². The molecule has 0 atom stereocenters. The highest BCUT2D eigenvalue weighted by atomic mass is 32.2. The van der Waals surface area contributed by atoms with E-state index < -0.39 is 15.9 Å². The number of anilines is 2. The third kappa shape index (κ3) is 4.73. The van der Waals surface area contributed by atoms with Crippen molar-refractivity contribution >= 4 is 33.2 Å². The van der Waals surface area contributed by atoms with Crippen molar-refractivity contribution in [2.75, 3.05) is 30.8 Å². The summed E-state index contributed by atoms with van der Waals surface area (Å²) in [5, 5.41) is 5.25. The topological polar surface area (TPSA) is 105 Å². The molecule has 0 radical (unpaired) electrons. The summed E-state index contributed by atoms with van der Waals surface area (Å²) in [6.07, 6.45) is 0. The monoisotopic (exact) mass is 453 g/mol. The largest absolute Gasteiger partial charge is 0.497 e. The Hall–Kier alpha value is -3.85. The molecule has 166 valence electrons. The first kappa shape index (κ1) is 22.8. The Balaban J connectivity index is 1.89. The van der Waals surface area contributed by atoms with Crippen LogP contribution in [0.2, 0.25) is 0 Å². The Bertz CT molecular complexity index is 1220. The van der Waals surface area contributed by atoms with Gasteiger partial charge in [0.1, 0.15) is 5.75 Å². The number of carbonyl (C=O) groups is 2. The molecule has 3 rings (SSSR count). The fourth-order valence-corrected chi connectivity index (χ4v) is 4.24. The van der Waals surface area contributed by atoms with Crippen molar-refractivity contribution in [3.63, 3.8) is 0 Å². The minimum atomic E-state index is -3.97. The summed E-state index contributed by atoms with van der Waals surface area (Å²) >= 11 is 0. The Labute approximate surface area is 186 Å². The van der Waals surface area contributed by atoms with Gasteiger partial charge in [0.25, 0.3) is 21.8 Å². The zero-order valence-corrected chi connectivity index (χ0v) is 18.6. The van der Waals surface area contributed by atoms with Crippen LogP contribution < -0.4 is 19.7 Å². The summed E-state index contributed by atoms with van der Waals surface area (Å²) in [5.74, 6) is -0.123. The predicted octanol–water partition coefficient (Wildman–Crippen LogP) is 3.13. The Kier molecular flexibility index (Phi) is 6.79. The highest BCUT2D eigenvalue weighted by Crippen LogP contribution is 2.27. The first-order chi connectivity index (χ1) is 15.3. The number of hydrogen-bond donors (Lipinski definition) is 2. The molecular weight excluding hydrogens is 430 g/mol. The molecule has 0 fully saturated rings. The van der Waals surface area contributed by atoms with E-state index in [0.29, 0.717) is 17.0 Å². The number of rotatable bonds is 7. The van der Waals surface area contributed by atoms with Crippen LogP contribution in [0.3, 0.4) is 0 Å². The first-order valence-electron chi connectivity index (χ1n) is 9.63. The number of nitrogens with one attached hydrogen (secondary N) is 2. The maximum absolute atomic E-state index is 13.2. The average Bonchev–Trinajstić information content (AvgIpc) is 2.83. The van der Waals surface area contributed by atoms with Crippen LogP contribution in [0.25, 0.3) is 0 Å². The van der Waals surface area contributed by atoms with Gasteiger partial charge >= 0.3 is 0 Å². The molecule has 0 saturated carbocycles. The van der Waals surface area contributed by atoms with Gasteiger partial charge in [0.2, 0.25) is 0 Å². The van der Waals surface area contributed by atoms with Gasteiger partial charge in [0, 0.05) is 25.3 Å². The van der Waals surface area contributed by atoms with Crippen LogP contribution in [0.15, 0.2) is 77.7 Å². The lowest BCUT2D eigenvalue weighted by Crippen LogP contribution is -2.29. The van der Waals surface area contributed by atoms with Gasteiger partial charge in [-0.15, -0.1) is 0 Å². The second-order valence-electron chi connectivity index (χ2n) is 6.78. The van der Waals surface area contributed by atoms with E-state index in [0.717, 1.165) is 4.31 Å². The Morgan fingerprint density at radius 2 is 1.50 bits per heavy atom. The predicted molar refractivity (Wildman–Crippen MR) is 123 cm³/mol. The molecule has 0 saturated heterocycles. The summed E-state index contributed by atoms with van der Waals surface area (Å²) in [4.78, 5) is 24.6. The molecule has 0 aliphatic carbocycles. The standard InChI is InChI=1S/C23H23N3O5S/c1-24-22(27)16-8-14-19(15-9-16)32(29,30)26(2)21-7-5-4-6-20(21)23(28)25-17-10-12-18(31-3)13-11-17/h4-15H,1-3H3,(H,24,27)(H,25,28). The van der Waals surface area contributed by atoms with Gasteiger partial charge < -0.3 is 15.4 Å². The third-order valence-corrected chi connectivity index (χ3v) is 6.62. The molecule has 32 heavy (non-hydrogen) atoms. The number of ether oxygens (including phenoxy) is 1. The van der Waals surface area contributed by atoms with E-state index in [2.05, 4.69) is 10.6 Å². The van der Waals surface area contributed by atoms with E-state index in [4.69, 9.17) is 4.74 Å². The average molecular weight is 454 g/mol. The molecule has 3 aromatic carbocycles. The number of hydrogen-bond acceptors (Lipinski definition) is 5. The van der Waals surface area contributed by atoms with Crippen molar-refractivity contribution in [3.8, 4) is 5.75 Å². The number of carbonyl (C=O) groups excluding carboxylic acids is 2. The molecule has 0 heterocycles. The first-order valence-corrected chi connectivity index (χ1v) is 11.1. The van der Waals surface area contributed by atoms with Crippen molar-refractivity contribution < 1.29 is 22.7 Å². The second kappa shape index (κ2) is 9.52. The van der Waals surface area contributed by atoms with Crippen LogP contribution >= 0.6 is 0 Å². The van der Waals surface area contributed by atoms with Crippen molar-refractivity contribution in [2.24, 2.45) is 0 Å². The second-order valence-corrected chi connectivity index (χ2v) is 8.75. The van der Waals surface area contributed by atoms with Gasteiger partial charge in [-0.25, -0.2) is 8.42 Å². The molecule has 0 unspecified atom stereocenters. The van der Waals surface area contributed by atoms with E-state index in [1.165, 1.54) is 38.4 Å². The molecular formula is C23H23N3O5S. The van der Waals surface area contributed by atoms with E-state index in [9.17, 15) is 18.0 Å². The molecule has 8 nitrogen and oxygen atoms in total. The van der Waals surface area contributed by atoms with Crippen LogP contribution in [0.4, 0.5) is 11.4 Å². The Morgan fingerprint density at radius 1 is 0.875 bits per heavy atom. The minimum absolute atomic E-state index is 0.00183. The molecule has 0 spiro atoms. The molecule has 9 heteroatoms. The molecule has 0 aliphatic rings. The lowest BCUT2D eigenvalue weighted by Gasteiger charge is -2.22. The van der Waals surface area contributed by atoms with Crippen LogP contribution in [0.1, 0.15) is 20.7 Å². The molecule has 0 aromatic heterocycles. The van der Waals surface area contributed by atoms with E-state index in [1.807, 2.05) is 0 Å². The van der Waals surface area contributed by atoms with E-state index in [-0.39, 0.29) is 22.1 Å². The number of sulfonamides is 1. The zero-order chi connectivity index (χ0) is 23.3. The minimum Gasteiger partial charge on any atom is -0.497 e. The summed E-state index contributed by atoms with van der Waals surface area (Å²) in [6, 6.07) is 18.8. The highest BCUT2D eigenvalue weighted by Gasteiger charge is 2.25. The summed E-state index contributed by atoms with van der Waals surface area (Å²) < 4.78 is 32.5.